The molecule has 1 saturated heterocycles. The van der Waals surface area contributed by atoms with Gasteiger partial charge in [0.15, 0.2) is 17.5 Å². The largest absolute Gasteiger partial charge is 0.504 e. The van der Waals surface area contributed by atoms with Gasteiger partial charge in [0.25, 0.3) is 0 Å². The van der Waals surface area contributed by atoms with Crippen LogP contribution in [0.4, 0.5) is 0 Å². The van der Waals surface area contributed by atoms with Crippen molar-refractivity contribution in [2.75, 3.05) is 33.3 Å². The highest BCUT2D eigenvalue weighted by Crippen LogP contribution is 2.26. The number of hydrogen-bond donors (Lipinski definition) is 3. The number of rotatable bonds is 7. The van der Waals surface area contributed by atoms with Crippen LogP contribution in [-0.2, 0) is 11.2 Å². The number of carbonyl (C=O) groups excluding carboxylic acids is 1. The van der Waals surface area contributed by atoms with Gasteiger partial charge in [0, 0.05) is 32.6 Å². The molecule has 4 N–H and O–H groups in total. The Morgan fingerprint density at radius 2 is 2.31 bits per heavy atom. The number of aromatic hydroxyl groups is 1. The fourth-order valence-corrected chi connectivity index (χ4v) is 3.30. The van der Waals surface area contributed by atoms with Crippen LogP contribution in [-0.4, -0.2) is 55.2 Å². The quantitative estimate of drug-likeness (QED) is 0.504. The van der Waals surface area contributed by atoms with Gasteiger partial charge in [-0.15, -0.1) is 0 Å². The van der Waals surface area contributed by atoms with Crippen molar-refractivity contribution in [2.24, 2.45) is 16.6 Å². The number of phenols is 1. The summed E-state index contributed by atoms with van der Waals surface area (Å²) in [6, 6.07) is 5.35. The van der Waals surface area contributed by atoms with Gasteiger partial charge in [-0.25, -0.2) is 0 Å². The van der Waals surface area contributed by atoms with Crippen molar-refractivity contribution in [3.05, 3.63) is 23.8 Å². The zero-order chi connectivity index (χ0) is 18.9. The molecule has 0 saturated carbocycles. The Bertz CT molecular complexity index is 633. The molecular weight excluding hydrogens is 332 g/mol. The third-order valence-electron chi connectivity index (χ3n) is 4.55. The van der Waals surface area contributed by atoms with Gasteiger partial charge >= 0.3 is 0 Å². The standard InChI is InChI=1S/C19H30N4O3/c1-3-21-19(23-10-4-5-15(13-23)12-18(20)25)22-9-8-14-6-7-16(24)17(11-14)26-2/h6-7,11,15,24H,3-5,8-10,12-13H2,1-2H3,(H2,20,25)(H,21,22). The number of primary amides is 1. The summed E-state index contributed by atoms with van der Waals surface area (Å²) < 4.78 is 5.15. The van der Waals surface area contributed by atoms with E-state index in [9.17, 15) is 9.90 Å². The second-order valence-corrected chi connectivity index (χ2v) is 6.62. The van der Waals surface area contributed by atoms with Gasteiger partial charge in [-0.3, -0.25) is 9.79 Å². The number of phenolic OH excluding ortho intramolecular Hbond substituents is 1. The molecule has 1 aliphatic heterocycles. The molecule has 1 amide bonds. The highest BCUT2D eigenvalue weighted by Gasteiger charge is 2.23. The van der Waals surface area contributed by atoms with Crippen LogP contribution in [0.1, 0.15) is 31.7 Å². The molecule has 0 radical (unpaired) electrons. The van der Waals surface area contributed by atoms with E-state index in [1.54, 1.807) is 13.2 Å². The van der Waals surface area contributed by atoms with E-state index in [-0.39, 0.29) is 11.7 Å². The first-order chi connectivity index (χ1) is 12.5. The van der Waals surface area contributed by atoms with Gasteiger partial charge in [0.05, 0.1) is 7.11 Å². The van der Waals surface area contributed by atoms with E-state index in [0.29, 0.717) is 24.6 Å². The number of likely N-dealkylation sites (tertiary alicyclic amines) is 1. The molecular formula is C19H30N4O3. The number of methoxy groups -OCH3 is 1. The summed E-state index contributed by atoms with van der Waals surface area (Å²) in [5, 5.41) is 13.0. The molecule has 0 spiro atoms. The number of guanidine groups is 1. The smallest absolute Gasteiger partial charge is 0.217 e. The lowest BCUT2D eigenvalue weighted by Crippen LogP contribution is -2.47. The number of hydrogen-bond acceptors (Lipinski definition) is 4. The van der Waals surface area contributed by atoms with Crippen LogP contribution in [0, 0.1) is 5.92 Å². The lowest BCUT2D eigenvalue weighted by Gasteiger charge is -2.34. The van der Waals surface area contributed by atoms with Gasteiger partial charge in [-0.05, 0) is 49.8 Å². The summed E-state index contributed by atoms with van der Waals surface area (Å²) in [5.41, 5.74) is 6.41. The van der Waals surface area contributed by atoms with Crippen molar-refractivity contribution in [3.8, 4) is 11.5 Å². The van der Waals surface area contributed by atoms with Crippen LogP contribution < -0.4 is 15.8 Å². The average molecular weight is 362 g/mol. The summed E-state index contributed by atoms with van der Waals surface area (Å²) in [7, 11) is 1.54. The molecule has 26 heavy (non-hydrogen) atoms. The van der Waals surface area contributed by atoms with Crippen LogP contribution in [0.3, 0.4) is 0 Å². The molecule has 1 unspecified atom stereocenters. The van der Waals surface area contributed by atoms with Gasteiger partial charge < -0.3 is 25.8 Å². The molecule has 1 aromatic carbocycles. The number of amides is 1. The summed E-state index contributed by atoms with van der Waals surface area (Å²) in [6.07, 6.45) is 3.26. The molecule has 1 atom stereocenters. The Hall–Kier alpha value is -2.44. The van der Waals surface area contributed by atoms with Crippen molar-refractivity contribution in [1.29, 1.82) is 0 Å². The van der Waals surface area contributed by atoms with E-state index in [0.717, 1.165) is 50.4 Å². The predicted molar refractivity (Wildman–Crippen MR) is 102 cm³/mol. The molecule has 0 aliphatic carbocycles. The fourth-order valence-electron chi connectivity index (χ4n) is 3.30. The maximum Gasteiger partial charge on any atom is 0.217 e. The Balaban J connectivity index is 1.98. The Morgan fingerprint density at radius 1 is 1.50 bits per heavy atom. The van der Waals surface area contributed by atoms with Gasteiger partial charge in [-0.1, -0.05) is 6.07 Å². The molecule has 1 fully saturated rings. The minimum absolute atomic E-state index is 0.141. The molecule has 0 bridgehead atoms. The van der Waals surface area contributed by atoms with Crippen LogP contribution >= 0.6 is 0 Å². The van der Waals surface area contributed by atoms with Crippen molar-refractivity contribution in [2.45, 2.75) is 32.6 Å². The Labute approximate surface area is 155 Å². The lowest BCUT2D eigenvalue weighted by molar-refractivity contribution is -0.119. The highest BCUT2D eigenvalue weighted by molar-refractivity contribution is 5.80. The number of nitrogens with zero attached hydrogens (tertiary/aromatic N) is 2. The van der Waals surface area contributed by atoms with E-state index in [1.165, 1.54) is 0 Å². The molecule has 2 rings (SSSR count). The molecule has 1 aliphatic rings. The van der Waals surface area contributed by atoms with Crippen molar-refractivity contribution in [3.63, 3.8) is 0 Å². The number of aliphatic imine (C=N–C) groups is 1. The van der Waals surface area contributed by atoms with Gasteiger partial charge in [0.1, 0.15) is 0 Å². The van der Waals surface area contributed by atoms with E-state index in [2.05, 4.69) is 10.2 Å². The first kappa shape index (κ1) is 19.9. The fraction of sp³-hybridized carbons (Fsp3) is 0.579. The molecule has 1 aromatic rings. The van der Waals surface area contributed by atoms with E-state index < -0.39 is 0 Å². The third-order valence-corrected chi connectivity index (χ3v) is 4.55. The second kappa shape index (κ2) is 9.89. The summed E-state index contributed by atoms with van der Waals surface area (Å²) in [6.45, 7) is 5.22. The first-order valence-electron chi connectivity index (χ1n) is 9.21. The van der Waals surface area contributed by atoms with E-state index in [4.69, 9.17) is 15.5 Å². The monoisotopic (exact) mass is 362 g/mol. The Kier molecular flexibility index (Phi) is 7.56. The average Bonchev–Trinajstić information content (AvgIpc) is 2.62. The van der Waals surface area contributed by atoms with Gasteiger partial charge in [-0.2, -0.15) is 0 Å². The summed E-state index contributed by atoms with van der Waals surface area (Å²) in [5.74, 6) is 1.56. The normalized spacial score (nSPS) is 17.8. The van der Waals surface area contributed by atoms with E-state index >= 15 is 0 Å². The maximum atomic E-state index is 11.2. The SMILES string of the molecule is CCNC(=NCCc1ccc(O)c(OC)c1)N1CCCC(CC(N)=O)C1. The third kappa shape index (κ3) is 5.82. The highest BCUT2D eigenvalue weighted by atomic mass is 16.5. The first-order valence-corrected chi connectivity index (χ1v) is 9.21. The molecule has 144 valence electrons. The number of carbonyl (C=O) groups is 1. The summed E-state index contributed by atoms with van der Waals surface area (Å²) >= 11 is 0. The van der Waals surface area contributed by atoms with E-state index in [1.807, 2.05) is 19.1 Å². The van der Waals surface area contributed by atoms with Crippen LogP contribution in [0.15, 0.2) is 23.2 Å². The van der Waals surface area contributed by atoms with Crippen LogP contribution in [0.2, 0.25) is 0 Å². The van der Waals surface area contributed by atoms with Crippen molar-refractivity contribution < 1.29 is 14.6 Å². The summed E-state index contributed by atoms with van der Waals surface area (Å²) in [4.78, 5) is 18.2. The zero-order valence-corrected chi connectivity index (χ0v) is 15.7. The van der Waals surface area contributed by atoms with Crippen molar-refractivity contribution in [1.82, 2.24) is 10.2 Å². The molecule has 0 aromatic heterocycles. The second-order valence-electron chi connectivity index (χ2n) is 6.62. The molecule has 7 nitrogen and oxygen atoms in total. The minimum Gasteiger partial charge on any atom is -0.504 e. The number of nitrogens with one attached hydrogen (secondary N) is 1. The maximum absolute atomic E-state index is 11.2. The number of ether oxygens (including phenoxy) is 1. The molecule has 1 heterocycles. The van der Waals surface area contributed by atoms with Crippen LogP contribution in [0.25, 0.3) is 0 Å². The number of nitrogens with two attached hydrogens (primary N) is 1. The predicted octanol–water partition coefficient (Wildman–Crippen LogP) is 1.50. The lowest BCUT2D eigenvalue weighted by atomic mass is 9.95. The topological polar surface area (TPSA) is 100 Å². The Morgan fingerprint density at radius 3 is 3.00 bits per heavy atom. The van der Waals surface area contributed by atoms with Gasteiger partial charge in [0.2, 0.25) is 5.91 Å². The zero-order valence-electron chi connectivity index (χ0n) is 15.7. The van der Waals surface area contributed by atoms with Crippen LogP contribution in [0.5, 0.6) is 11.5 Å². The minimum atomic E-state index is -0.236. The molecule has 7 heteroatoms. The van der Waals surface area contributed by atoms with Crippen molar-refractivity contribution >= 4 is 11.9 Å². The number of piperidine rings is 1. The number of benzene rings is 1.